The Hall–Kier alpha value is -3.08. The molecule has 5 heteroatoms. The van der Waals surface area contributed by atoms with Crippen molar-refractivity contribution in [3.63, 3.8) is 0 Å². The smallest absolute Gasteiger partial charge is 0.268 e. The van der Waals surface area contributed by atoms with E-state index in [1.807, 2.05) is 37.4 Å². The first kappa shape index (κ1) is 14.8. The highest BCUT2D eigenvalue weighted by molar-refractivity contribution is 6.00. The summed E-state index contributed by atoms with van der Waals surface area (Å²) in [6.07, 6.45) is 0. The van der Waals surface area contributed by atoms with Gasteiger partial charge in [-0.05, 0) is 17.7 Å². The molecule has 1 heterocycles. The minimum atomic E-state index is -0.860. The quantitative estimate of drug-likeness (QED) is 0.774. The highest BCUT2D eigenvalue weighted by Crippen LogP contribution is 2.19. The fraction of sp³-hybridized carbons (Fsp3) is 0.111. The maximum absolute atomic E-state index is 12.6. The van der Waals surface area contributed by atoms with E-state index in [9.17, 15) is 9.59 Å². The van der Waals surface area contributed by atoms with Crippen LogP contribution in [0.25, 0.3) is 10.9 Å². The summed E-state index contributed by atoms with van der Waals surface area (Å²) in [5.74, 6) is -0.931. The van der Waals surface area contributed by atoms with Crippen LogP contribution in [0.4, 0.5) is 0 Å². The number of carbonyl (C=O) groups excluding carboxylic acids is 2. The number of hydrogen-bond donors (Lipinski definition) is 2. The van der Waals surface area contributed by atoms with E-state index in [0.29, 0.717) is 11.3 Å². The third-order valence-corrected chi connectivity index (χ3v) is 3.88. The molecule has 0 bridgehead atoms. The molecule has 0 radical (unpaired) electrons. The van der Waals surface area contributed by atoms with Crippen LogP contribution >= 0.6 is 0 Å². The van der Waals surface area contributed by atoms with E-state index in [-0.39, 0.29) is 5.91 Å². The minimum absolute atomic E-state index is 0.337. The molecule has 0 saturated carbocycles. The van der Waals surface area contributed by atoms with Crippen molar-refractivity contribution in [2.45, 2.75) is 6.04 Å². The molecule has 0 saturated heterocycles. The first-order valence-corrected chi connectivity index (χ1v) is 7.27. The number of nitrogens with zero attached hydrogens (tertiary/aromatic N) is 1. The van der Waals surface area contributed by atoms with Gasteiger partial charge in [0.15, 0.2) is 0 Å². The van der Waals surface area contributed by atoms with Crippen LogP contribution in [0.15, 0.2) is 60.7 Å². The summed E-state index contributed by atoms with van der Waals surface area (Å²) in [5.41, 5.74) is 7.54. The fourth-order valence-electron chi connectivity index (χ4n) is 2.68. The maximum atomic E-state index is 12.6. The van der Waals surface area contributed by atoms with E-state index in [1.54, 1.807) is 34.9 Å². The van der Waals surface area contributed by atoms with Gasteiger partial charge in [0.25, 0.3) is 5.91 Å². The van der Waals surface area contributed by atoms with E-state index >= 15 is 0 Å². The summed E-state index contributed by atoms with van der Waals surface area (Å²) in [6, 6.07) is 17.6. The van der Waals surface area contributed by atoms with Crippen molar-refractivity contribution >= 4 is 22.7 Å². The number of benzene rings is 2. The van der Waals surface area contributed by atoms with Gasteiger partial charge >= 0.3 is 0 Å². The van der Waals surface area contributed by atoms with Gasteiger partial charge in [0.1, 0.15) is 11.7 Å². The molecule has 5 nitrogen and oxygen atoms in total. The maximum Gasteiger partial charge on any atom is 0.268 e. The van der Waals surface area contributed by atoms with Crippen molar-refractivity contribution in [3.05, 3.63) is 71.9 Å². The molecule has 1 aromatic heterocycles. The first-order chi connectivity index (χ1) is 11.1. The van der Waals surface area contributed by atoms with E-state index in [4.69, 9.17) is 5.73 Å². The van der Waals surface area contributed by atoms with Crippen molar-refractivity contribution in [1.82, 2.24) is 9.88 Å². The summed E-state index contributed by atoms with van der Waals surface area (Å²) in [6.45, 7) is 0. The molecule has 0 fully saturated rings. The zero-order chi connectivity index (χ0) is 16.4. The van der Waals surface area contributed by atoms with Crippen LogP contribution < -0.4 is 11.1 Å². The number of nitrogens with one attached hydrogen (secondary N) is 1. The Morgan fingerprint density at radius 2 is 1.70 bits per heavy atom. The van der Waals surface area contributed by atoms with Gasteiger partial charge in [-0.1, -0.05) is 48.5 Å². The molecule has 0 aliphatic rings. The molecule has 0 aliphatic carbocycles. The minimum Gasteiger partial charge on any atom is -0.368 e. The number of amides is 2. The zero-order valence-electron chi connectivity index (χ0n) is 12.7. The van der Waals surface area contributed by atoms with Crippen LogP contribution in [0.2, 0.25) is 0 Å². The van der Waals surface area contributed by atoms with Crippen LogP contribution in [-0.2, 0) is 11.8 Å². The van der Waals surface area contributed by atoms with Gasteiger partial charge in [0, 0.05) is 18.0 Å². The molecule has 2 amide bonds. The summed E-state index contributed by atoms with van der Waals surface area (Å²) in [4.78, 5) is 24.3. The predicted octanol–water partition coefficient (Wildman–Crippen LogP) is 2.13. The van der Waals surface area contributed by atoms with E-state index in [0.717, 1.165) is 10.9 Å². The van der Waals surface area contributed by atoms with E-state index < -0.39 is 11.9 Å². The molecule has 116 valence electrons. The monoisotopic (exact) mass is 307 g/mol. The Morgan fingerprint density at radius 1 is 1.04 bits per heavy atom. The number of hydrogen-bond acceptors (Lipinski definition) is 2. The molecule has 3 aromatic rings. The summed E-state index contributed by atoms with van der Waals surface area (Å²) >= 11 is 0. The fourth-order valence-corrected chi connectivity index (χ4v) is 2.68. The second-order valence-electron chi connectivity index (χ2n) is 5.37. The van der Waals surface area contributed by atoms with Crippen LogP contribution in [0, 0.1) is 0 Å². The number of carbonyl (C=O) groups is 2. The molecule has 23 heavy (non-hydrogen) atoms. The predicted molar refractivity (Wildman–Crippen MR) is 88.8 cm³/mol. The standard InChI is InChI=1S/C18H17N3O2/c1-21-14-10-6-5-9-13(14)11-15(21)18(23)20-16(17(19)22)12-7-3-2-4-8-12/h2-11,16H,1H3,(H2,19,22)(H,20,23)/t16-/m1/s1. The summed E-state index contributed by atoms with van der Waals surface area (Å²) in [5, 5.41) is 3.68. The van der Waals surface area contributed by atoms with Crippen molar-refractivity contribution < 1.29 is 9.59 Å². The van der Waals surface area contributed by atoms with Gasteiger partial charge in [0.05, 0.1) is 0 Å². The number of fused-ring (bicyclic) bond motifs is 1. The highest BCUT2D eigenvalue weighted by atomic mass is 16.2. The number of nitrogens with two attached hydrogens (primary N) is 1. The summed E-state index contributed by atoms with van der Waals surface area (Å²) < 4.78 is 1.80. The lowest BCUT2D eigenvalue weighted by Gasteiger charge is -2.16. The SMILES string of the molecule is Cn1c(C(=O)N[C@@H](C(N)=O)c2ccccc2)cc2ccccc21. The first-order valence-electron chi connectivity index (χ1n) is 7.27. The molecule has 0 aliphatic heterocycles. The van der Waals surface area contributed by atoms with Gasteiger partial charge in [-0.2, -0.15) is 0 Å². The number of aryl methyl sites for hydroxylation is 1. The van der Waals surface area contributed by atoms with E-state index in [2.05, 4.69) is 5.32 Å². The largest absolute Gasteiger partial charge is 0.368 e. The Bertz CT molecular complexity index is 868. The third-order valence-electron chi connectivity index (χ3n) is 3.88. The zero-order valence-corrected chi connectivity index (χ0v) is 12.7. The van der Waals surface area contributed by atoms with Crippen molar-refractivity contribution in [1.29, 1.82) is 0 Å². The average Bonchev–Trinajstić information content (AvgIpc) is 2.90. The molecular formula is C18H17N3O2. The van der Waals surface area contributed by atoms with Crippen molar-refractivity contribution in [2.24, 2.45) is 12.8 Å². The molecule has 2 aromatic carbocycles. The molecule has 0 unspecified atom stereocenters. The third kappa shape index (κ3) is 2.81. The van der Waals surface area contributed by atoms with Crippen molar-refractivity contribution in [3.8, 4) is 0 Å². The Labute approximate surface area is 133 Å². The van der Waals surface area contributed by atoms with Crippen LogP contribution in [0.3, 0.4) is 0 Å². The van der Waals surface area contributed by atoms with Crippen LogP contribution in [-0.4, -0.2) is 16.4 Å². The Kier molecular flexibility index (Phi) is 3.85. The van der Waals surface area contributed by atoms with Crippen molar-refractivity contribution in [2.75, 3.05) is 0 Å². The number of para-hydroxylation sites is 1. The van der Waals surface area contributed by atoms with Gasteiger partial charge in [-0.25, -0.2) is 0 Å². The van der Waals surface area contributed by atoms with Gasteiger partial charge in [0.2, 0.25) is 5.91 Å². The van der Waals surface area contributed by atoms with Crippen LogP contribution in [0.1, 0.15) is 22.1 Å². The topological polar surface area (TPSA) is 77.1 Å². The lowest BCUT2D eigenvalue weighted by Crippen LogP contribution is -2.38. The normalized spacial score (nSPS) is 12.0. The van der Waals surface area contributed by atoms with Gasteiger partial charge < -0.3 is 15.6 Å². The average molecular weight is 307 g/mol. The molecule has 3 N–H and O–H groups in total. The van der Waals surface area contributed by atoms with Crippen LogP contribution in [0.5, 0.6) is 0 Å². The number of rotatable bonds is 4. The van der Waals surface area contributed by atoms with E-state index in [1.165, 1.54) is 0 Å². The summed E-state index contributed by atoms with van der Waals surface area (Å²) in [7, 11) is 1.82. The highest BCUT2D eigenvalue weighted by Gasteiger charge is 2.22. The lowest BCUT2D eigenvalue weighted by molar-refractivity contribution is -0.120. The molecule has 3 rings (SSSR count). The molecule has 0 spiro atoms. The lowest BCUT2D eigenvalue weighted by atomic mass is 10.1. The number of aromatic nitrogens is 1. The Morgan fingerprint density at radius 3 is 2.35 bits per heavy atom. The molecule has 1 atom stereocenters. The van der Waals surface area contributed by atoms with Gasteiger partial charge in [-0.3, -0.25) is 9.59 Å². The second-order valence-corrected chi connectivity index (χ2v) is 5.37. The molecular weight excluding hydrogens is 290 g/mol. The van der Waals surface area contributed by atoms with Gasteiger partial charge in [-0.15, -0.1) is 0 Å². The number of primary amides is 1. The Balaban J connectivity index is 1.92. The second kappa shape index (κ2) is 5.96.